The summed E-state index contributed by atoms with van der Waals surface area (Å²) in [5.74, 6) is -2.50. The van der Waals surface area contributed by atoms with Gasteiger partial charge in [-0.05, 0) is 53.6 Å². The maximum Gasteiger partial charge on any atom is 0.126 e. The van der Waals surface area contributed by atoms with Crippen LogP contribution in [0.5, 0.6) is 0 Å². The lowest BCUT2D eigenvalue weighted by atomic mass is 10.2. The Bertz CT molecular complexity index is 801. The summed E-state index contributed by atoms with van der Waals surface area (Å²) in [6, 6.07) is 13.9. The molecule has 0 unspecified atom stereocenters. The number of hydrogen-bond donors (Lipinski definition) is 2. The smallest absolute Gasteiger partial charge is 0.126 e. The number of benzene rings is 3. The van der Waals surface area contributed by atoms with E-state index in [4.69, 9.17) is 0 Å². The van der Waals surface area contributed by atoms with E-state index >= 15 is 0 Å². The fourth-order valence-electron chi connectivity index (χ4n) is 2.57. The van der Waals surface area contributed by atoms with Gasteiger partial charge < -0.3 is 10.6 Å². The van der Waals surface area contributed by atoms with E-state index in [0.29, 0.717) is 11.1 Å². The monoisotopic (exact) mass is 360 g/mol. The second-order valence-corrected chi connectivity index (χ2v) is 5.84. The van der Waals surface area contributed by atoms with Gasteiger partial charge in [0.15, 0.2) is 0 Å². The molecular weight excluding hydrogens is 344 g/mol. The third kappa shape index (κ3) is 4.99. The highest BCUT2D eigenvalue weighted by Crippen LogP contribution is 2.18. The molecule has 0 aliphatic carbocycles. The van der Waals surface area contributed by atoms with Gasteiger partial charge in [0.1, 0.15) is 23.3 Å². The largest absolute Gasteiger partial charge is 0.381 e. The first-order valence-corrected chi connectivity index (χ1v) is 7.96. The average molecular weight is 360 g/mol. The Hall–Kier alpha value is -3.02. The maximum absolute atomic E-state index is 13.2. The lowest BCUT2D eigenvalue weighted by Gasteiger charge is -2.11. The first kappa shape index (κ1) is 17.8. The van der Waals surface area contributed by atoms with E-state index in [-0.39, 0.29) is 13.1 Å². The fraction of sp³-hybridized carbons (Fsp3) is 0.100. The van der Waals surface area contributed by atoms with Crippen molar-refractivity contribution < 1.29 is 17.6 Å². The molecule has 0 amide bonds. The second kappa shape index (κ2) is 7.91. The number of anilines is 2. The van der Waals surface area contributed by atoms with Crippen molar-refractivity contribution in [2.24, 2.45) is 0 Å². The van der Waals surface area contributed by atoms with Crippen LogP contribution in [0.3, 0.4) is 0 Å². The zero-order chi connectivity index (χ0) is 18.5. The van der Waals surface area contributed by atoms with E-state index in [0.717, 1.165) is 23.5 Å². The molecule has 3 aromatic rings. The van der Waals surface area contributed by atoms with Crippen molar-refractivity contribution in [3.63, 3.8) is 0 Å². The van der Waals surface area contributed by atoms with Crippen LogP contribution in [0.1, 0.15) is 11.1 Å². The summed E-state index contributed by atoms with van der Waals surface area (Å²) in [7, 11) is 0. The molecule has 3 rings (SSSR count). The van der Waals surface area contributed by atoms with Gasteiger partial charge in [-0.2, -0.15) is 0 Å². The highest BCUT2D eigenvalue weighted by molar-refractivity contribution is 5.57. The SMILES string of the molecule is Fc1cc(F)cc(CNc2cccc(NCc3cc(F)cc(F)c3)c2)c1. The Morgan fingerprint density at radius 3 is 1.31 bits per heavy atom. The molecule has 0 fully saturated rings. The van der Waals surface area contributed by atoms with Gasteiger partial charge in [0.2, 0.25) is 0 Å². The van der Waals surface area contributed by atoms with Gasteiger partial charge in [0, 0.05) is 36.6 Å². The summed E-state index contributed by atoms with van der Waals surface area (Å²) in [5.41, 5.74) is 2.45. The standard InChI is InChI=1S/C20H16F4N2/c21-15-4-13(5-16(22)8-15)11-25-19-2-1-3-20(10-19)26-12-14-6-17(23)9-18(24)7-14/h1-10,25-26H,11-12H2. The molecule has 26 heavy (non-hydrogen) atoms. The van der Waals surface area contributed by atoms with Gasteiger partial charge in [0.05, 0.1) is 0 Å². The predicted octanol–water partition coefficient (Wildman–Crippen LogP) is 5.47. The molecule has 0 bridgehead atoms. The van der Waals surface area contributed by atoms with E-state index in [1.54, 1.807) is 12.1 Å². The van der Waals surface area contributed by atoms with Gasteiger partial charge >= 0.3 is 0 Å². The van der Waals surface area contributed by atoms with Gasteiger partial charge in [-0.1, -0.05) is 6.07 Å². The highest BCUT2D eigenvalue weighted by atomic mass is 19.1. The first-order valence-electron chi connectivity index (χ1n) is 7.96. The first-order chi connectivity index (χ1) is 12.5. The normalized spacial score (nSPS) is 10.6. The van der Waals surface area contributed by atoms with Gasteiger partial charge in [-0.25, -0.2) is 17.6 Å². The maximum atomic E-state index is 13.2. The van der Waals surface area contributed by atoms with Crippen LogP contribution in [0.2, 0.25) is 0 Å². The second-order valence-electron chi connectivity index (χ2n) is 5.84. The van der Waals surface area contributed by atoms with Gasteiger partial charge in [-0.15, -0.1) is 0 Å². The van der Waals surface area contributed by atoms with E-state index < -0.39 is 23.3 Å². The van der Waals surface area contributed by atoms with Gasteiger partial charge in [0.25, 0.3) is 0 Å². The lowest BCUT2D eigenvalue weighted by Crippen LogP contribution is -2.03. The minimum absolute atomic E-state index is 0.257. The van der Waals surface area contributed by atoms with Crippen LogP contribution in [-0.2, 0) is 13.1 Å². The molecule has 2 N–H and O–H groups in total. The Morgan fingerprint density at radius 1 is 0.538 bits per heavy atom. The number of rotatable bonds is 6. The molecule has 6 heteroatoms. The quantitative estimate of drug-likeness (QED) is 0.570. The minimum atomic E-state index is -0.625. The van der Waals surface area contributed by atoms with Crippen molar-refractivity contribution in [2.75, 3.05) is 10.6 Å². The van der Waals surface area contributed by atoms with Crippen LogP contribution in [0.4, 0.5) is 28.9 Å². The van der Waals surface area contributed by atoms with Crippen molar-refractivity contribution in [2.45, 2.75) is 13.1 Å². The highest BCUT2D eigenvalue weighted by Gasteiger charge is 2.03. The summed E-state index contributed by atoms with van der Waals surface area (Å²) >= 11 is 0. The van der Waals surface area contributed by atoms with E-state index in [2.05, 4.69) is 10.6 Å². The van der Waals surface area contributed by atoms with Crippen LogP contribution in [0.15, 0.2) is 60.7 Å². The molecule has 0 aliphatic heterocycles. The molecule has 2 nitrogen and oxygen atoms in total. The van der Waals surface area contributed by atoms with Crippen molar-refractivity contribution in [1.82, 2.24) is 0 Å². The van der Waals surface area contributed by atoms with Gasteiger partial charge in [-0.3, -0.25) is 0 Å². The molecule has 0 aliphatic rings. The lowest BCUT2D eigenvalue weighted by molar-refractivity contribution is 0.579. The molecule has 0 spiro atoms. The number of hydrogen-bond acceptors (Lipinski definition) is 2. The Kier molecular flexibility index (Phi) is 5.41. The van der Waals surface area contributed by atoms with Crippen molar-refractivity contribution in [3.8, 4) is 0 Å². The number of halogens is 4. The number of nitrogens with one attached hydrogen (secondary N) is 2. The van der Waals surface area contributed by atoms with Crippen molar-refractivity contribution >= 4 is 11.4 Å². The third-order valence-electron chi connectivity index (χ3n) is 3.70. The fourth-order valence-corrected chi connectivity index (χ4v) is 2.57. The van der Waals surface area contributed by atoms with Crippen LogP contribution in [0, 0.1) is 23.3 Å². The Morgan fingerprint density at radius 2 is 0.923 bits per heavy atom. The summed E-state index contributed by atoms with van der Waals surface area (Å²) < 4.78 is 52.8. The summed E-state index contributed by atoms with van der Waals surface area (Å²) in [6.07, 6.45) is 0. The molecule has 0 aromatic heterocycles. The summed E-state index contributed by atoms with van der Waals surface area (Å²) in [6.45, 7) is 0.514. The predicted molar refractivity (Wildman–Crippen MR) is 93.8 cm³/mol. The summed E-state index contributed by atoms with van der Waals surface area (Å²) in [5, 5.41) is 6.16. The molecule has 0 heterocycles. The van der Waals surface area contributed by atoms with Crippen LogP contribution in [-0.4, -0.2) is 0 Å². The molecule has 0 saturated carbocycles. The molecular formula is C20H16F4N2. The van der Waals surface area contributed by atoms with E-state index in [9.17, 15) is 17.6 Å². The van der Waals surface area contributed by atoms with E-state index in [1.165, 1.54) is 24.3 Å². The zero-order valence-corrected chi connectivity index (χ0v) is 13.7. The van der Waals surface area contributed by atoms with Crippen LogP contribution in [0.25, 0.3) is 0 Å². The zero-order valence-electron chi connectivity index (χ0n) is 13.7. The molecule has 0 radical (unpaired) electrons. The molecule has 134 valence electrons. The third-order valence-corrected chi connectivity index (χ3v) is 3.70. The molecule has 0 atom stereocenters. The Labute approximate surface area is 148 Å². The van der Waals surface area contributed by atoms with E-state index in [1.807, 2.05) is 12.1 Å². The Balaban J connectivity index is 1.62. The van der Waals surface area contributed by atoms with Crippen molar-refractivity contribution in [1.29, 1.82) is 0 Å². The molecule has 3 aromatic carbocycles. The summed E-state index contributed by atoms with van der Waals surface area (Å²) in [4.78, 5) is 0. The van der Waals surface area contributed by atoms with Crippen LogP contribution < -0.4 is 10.6 Å². The minimum Gasteiger partial charge on any atom is -0.381 e. The topological polar surface area (TPSA) is 24.1 Å². The molecule has 0 saturated heterocycles. The van der Waals surface area contributed by atoms with Crippen molar-refractivity contribution in [3.05, 3.63) is 95.1 Å². The van der Waals surface area contributed by atoms with Crippen LogP contribution >= 0.6 is 0 Å². The average Bonchev–Trinajstić information content (AvgIpc) is 2.57.